The second kappa shape index (κ2) is 5.98. The SMILES string of the molecule is CCC(N)C(OC(C)(C)C)c1ccccc1Br. The lowest BCUT2D eigenvalue weighted by Crippen LogP contribution is -2.35. The monoisotopic (exact) mass is 299 g/mol. The average molecular weight is 300 g/mol. The number of halogens is 1. The lowest BCUT2D eigenvalue weighted by Gasteiger charge is -2.32. The highest BCUT2D eigenvalue weighted by Crippen LogP contribution is 2.32. The van der Waals surface area contributed by atoms with Gasteiger partial charge in [0.05, 0.1) is 11.7 Å². The van der Waals surface area contributed by atoms with Gasteiger partial charge in [0.2, 0.25) is 0 Å². The van der Waals surface area contributed by atoms with Crippen LogP contribution < -0.4 is 5.73 Å². The summed E-state index contributed by atoms with van der Waals surface area (Å²) in [4.78, 5) is 0. The molecule has 0 spiro atoms. The second-order valence-electron chi connectivity index (χ2n) is 5.24. The Hall–Kier alpha value is -0.380. The molecular weight excluding hydrogens is 278 g/mol. The van der Waals surface area contributed by atoms with Gasteiger partial charge in [0.1, 0.15) is 0 Å². The van der Waals surface area contributed by atoms with Crippen molar-refractivity contribution in [2.45, 2.75) is 51.9 Å². The van der Waals surface area contributed by atoms with Crippen LogP contribution in [0.1, 0.15) is 45.8 Å². The number of hydrogen-bond acceptors (Lipinski definition) is 2. The van der Waals surface area contributed by atoms with Gasteiger partial charge < -0.3 is 10.5 Å². The summed E-state index contributed by atoms with van der Waals surface area (Å²) in [5.41, 5.74) is 7.10. The molecule has 0 saturated heterocycles. The van der Waals surface area contributed by atoms with E-state index < -0.39 is 0 Å². The summed E-state index contributed by atoms with van der Waals surface area (Å²) in [5.74, 6) is 0. The first-order valence-corrected chi connectivity index (χ1v) is 6.82. The minimum absolute atomic E-state index is 0.00734. The van der Waals surface area contributed by atoms with Crippen molar-refractivity contribution in [2.24, 2.45) is 5.73 Å². The number of ether oxygens (including phenoxy) is 1. The Balaban J connectivity index is 3.03. The van der Waals surface area contributed by atoms with E-state index in [1.54, 1.807) is 0 Å². The standard InChI is InChI=1S/C14H22BrNO/c1-5-12(16)13(17-14(2,3)4)10-8-6-7-9-11(10)15/h6-9,12-13H,5,16H2,1-4H3. The molecule has 0 fully saturated rings. The predicted molar refractivity (Wildman–Crippen MR) is 76.0 cm³/mol. The lowest BCUT2D eigenvalue weighted by molar-refractivity contribution is -0.0731. The van der Waals surface area contributed by atoms with Crippen molar-refractivity contribution < 1.29 is 4.74 Å². The minimum Gasteiger partial charge on any atom is -0.366 e. The van der Waals surface area contributed by atoms with Gasteiger partial charge in [-0.05, 0) is 38.8 Å². The van der Waals surface area contributed by atoms with Gasteiger partial charge in [-0.3, -0.25) is 0 Å². The zero-order valence-corrected chi connectivity index (χ0v) is 12.6. The molecule has 2 atom stereocenters. The molecule has 1 rings (SSSR count). The van der Waals surface area contributed by atoms with E-state index in [2.05, 4.69) is 49.7 Å². The van der Waals surface area contributed by atoms with Gasteiger partial charge in [-0.25, -0.2) is 0 Å². The summed E-state index contributed by atoms with van der Waals surface area (Å²) in [6.07, 6.45) is 0.817. The molecule has 17 heavy (non-hydrogen) atoms. The summed E-state index contributed by atoms with van der Waals surface area (Å²) in [7, 11) is 0. The first-order valence-electron chi connectivity index (χ1n) is 6.03. The van der Waals surface area contributed by atoms with Crippen LogP contribution in [0, 0.1) is 0 Å². The molecule has 0 radical (unpaired) electrons. The molecule has 0 aliphatic heterocycles. The summed E-state index contributed by atoms with van der Waals surface area (Å²) in [5, 5.41) is 0. The van der Waals surface area contributed by atoms with Gasteiger partial charge in [-0.15, -0.1) is 0 Å². The molecule has 0 saturated carbocycles. The van der Waals surface area contributed by atoms with Gasteiger partial charge in [-0.2, -0.15) is 0 Å². The lowest BCUT2D eigenvalue weighted by atomic mass is 9.99. The molecule has 0 aromatic heterocycles. The Morgan fingerprint density at radius 1 is 1.29 bits per heavy atom. The Bertz CT molecular complexity index is 359. The summed E-state index contributed by atoms with van der Waals surface area (Å²) in [6, 6.07) is 8.11. The molecule has 2 N–H and O–H groups in total. The van der Waals surface area contributed by atoms with E-state index in [1.165, 1.54) is 0 Å². The van der Waals surface area contributed by atoms with Gasteiger partial charge in [-0.1, -0.05) is 41.1 Å². The van der Waals surface area contributed by atoms with Gasteiger partial charge in [0.25, 0.3) is 0 Å². The quantitative estimate of drug-likeness (QED) is 0.910. The Labute approximate surface area is 113 Å². The molecule has 0 aliphatic rings. The molecule has 1 aromatic carbocycles. The molecule has 0 bridgehead atoms. The van der Waals surface area contributed by atoms with Crippen LogP contribution in [-0.2, 0) is 4.74 Å². The Morgan fingerprint density at radius 2 is 1.88 bits per heavy atom. The second-order valence-corrected chi connectivity index (χ2v) is 6.10. The van der Waals surface area contributed by atoms with E-state index in [9.17, 15) is 0 Å². The zero-order chi connectivity index (χ0) is 13.1. The summed E-state index contributed by atoms with van der Waals surface area (Å²) in [6.45, 7) is 8.25. The molecular formula is C14H22BrNO. The van der Waals surface area contributed by atoms with Crippen molar-refractivity contribution in [1.29, 1.82) is 0 Å². The van der Waals surface area contributed by atoms with Crippen LogP contribution in [0.15, 0.2) is 28.7 Å². The normalized spacial score (nSPS) is 15.6. The van der Waals surface area contributed by atoms with E-state index in [0.717, 1.165) is 16.5 Å². The molecule has 2 nitrogen and oxygen atoms in total. The smallest absolute Gasteiger partial charge is 0.0993 e. The van der Waals surface area contributed by atoms with E-state index in [4.69, 9.17) is 10.5 Å². The Morgan fingerprint density at radius 3 is 2.35 bits per heavy atom. The van der Waals surface area contributed by atoms with Crippen molar-refractivity contribution in [1.82, 2.24) is 0 Å². The van der Waals surface area contributed by atoms with Crippen LogP contribution in [-0.4, -0.2) is 11.6 Å². The van der Waals surface area contributed by atoms with Crippen molar-refractivity contribution >= 4 is 15.9 Å². The zero-order valence-electron chi connectivity index (χ0n) is 11.0. The number of benzene rings is 1. The third-order valence-electron chi connectivity index (χ3n) is 2.55. The molecule has 0 amide bonds. The molecule has 96 valence electrons. The highest BCUT2D eigenvalue weighted by atomic mass is 79.9. The van der Waals surface area contributed by atoms with Crippen LogP contribution in [0.3, 0.4) is 0 Å². The first-order chi connectivity index (χ1) is 7.85. The van der Waals surface area contributed by atoms with Crippen molar-refractivity contribution in [2.75, 3.05) is 0 Å². The van der Waals surface area contributed by atoms with Crippen molar-refractivity contribution in [3.8, 4) is 0 Å². The van der Waals surface area contributed by atoms with Gasteiger partial charge in [0, 0.05) is 10.5 Å². The van der Waals surface area contributed by atoms with Gasteiger partial charge >= 0.3 is 0 Å². The van der Waals surface area contributed by atoms with E-state index in [-0.39, 0.29) is 17.7 Å². The third-order valence-corrected chi connectivity index (χ3v) is 3.27. The van der Waals surface area contributed by atoms with Crippen LogP contribution in [0.5, 0.6) is 0 Å². The maximum Gasteiger partial charge on any atom is 0.0993 e. The predicted octanol–water partition coefficient (Wildman–Crippen LogP) is 4.04. The molecule has 1 aromatic rings. The maximum atomic E-state index is 6.18. The maximum absolute atomic E-state index is 6.18. The largest absolute Gasteiger partial charge is 0.366 e. The highest BCUT2D eigenvalue weighted by Gasteiger charge is 2.26. The Kier molecular flexibility index (Phi) is 5.17. The molecule has 2 unspecified atom stereocenters. The topological polar surface area (TPSA) is 35.2 Å². The van der Waals surface area contributed by atoms with E-state index in [1.807, 2.05) is 18.2 Å². The van der Waals surface area contributed by atoms with E-state index in [0.29, 0.717) is 0 Å². The summed E-state index contributed by atoms with van der Waals surface area (Å²) >= 11 is 3.57. The highest BCUT2D eigenvalue weighted by molar-refractivity contribution is 9.10. The van der Waals surface area contributed by atoms with Crippen LogP contribution in [0.4, 0.5) is 0 Å². The molecule has 3 heteroatoms. The first kappa shape index (κ1) is 14.7. The summed E-state index contributed by atoms with van der Waals surface area (Å²) < 4.78 is 7.16. The number of nitrogens with two attached hydrogens (primary N) is 1. The van der Waals surface area contributed by atoms with E-state index >= 15 is 0 Å². The minimum atomic E-state index is -0.202. The number of hydrogen-bond donors (Lipinski definition) is 1. The van der Waals surface area contributed by atoms with Gasteiger partial charge in [0.15, 0.2) is 0 Å². The van der Waals surface area contributed by atoms with Crippen LogP contribution in [0.2, 0.25) is 0 Å². The van der Waals surface area contributed by atoms with Crippen LogP contribution in [0.25, 0.3) is 0 Å². The van der Waals surface area contributed by atoms with Crippen LogP contribution >= 0.6 is 15.9 Å². The van der Waals surface area contributed by atoms with Crippen molar-refractivity contribution in [3.63, 3.8) is 0 Å². The molecule has 0 heterocycles. The molecule has 0 aliphatic carbocycles. The average Bonchev–Trinajstić information content (AvgIpc) is 2.25. The fourth-order valence-corrected chi connectivity index (χ4v) is 2.19. The fraction of sp³-hybridized carbons (Fsp3) is 0.571. The third kappa shape index (κ3) is 4.41. The number of rotatable bonds is 4. The fourth-order valence-electron chi connectivity index (χ4n) is 1.68. The van der Waals surface area contributed by atoms with Crippen molar-refractivity contribution in [3.05, 3.63) is 34.3 Å².